The van der Waals surface area contributed by atoms with Crippen LogP contribution in [0.3, 0.4) is 0 Å². The maximum absolute atomic E-state index is 13.1. The monoisotopic (exact) mass is 454 g/mol. The number of esters is 1. The van der Waals surface area contributed by atoms with Gasteiger partial charge < -0.3 is 10.1 Å². The molecule has 172 valence electrons. The Kier molecular flexibility index (Phi) is 5.61. The average molecular weight is 455 g/mol. The van der Waals surface area contributed by atoms with E-state index in [9.17, 15) is 9.59 Å². The lowest BCUT2D eigenvalue weighted by atomic mass is 10.0. The molecule has 5 rings (SSSR count). The molecule has 1 aliphatic carbocycles. The van der Waals surface area contributed by atoms with Gasteiger partial charge >= 0.3 is 5.97 Å². The fourth-order valence-corrected chi connectivity index (χ4v) is 4.58. The summed E-state index contributed by atoms with van der Waals surface area (Å²) in [4.78, 5) is 30.5. The number of aryl methyl sites for hydroxylation is 3. The largest absolute Gasteiger partial charge is 0.452 e. The lowest BCUT2D eigenvalue weighted by molar-refractivity contribution is -0.119. The summed E-state index contributed by atoms with van der Waals surface area (Å²) in [6.07, 6.45) is 2.60. The first kappa shape index (κ1) is 21.8. The Morgan fingerprint density at radius 1 is 1.03 bits per heavy atom. The molecule has 2 aromatic heterocycles. The number of anilines is 1. The van der Waals surface area contributed by atoms with Crippen LogP contribution in [-0.4, -0.2) is 33.2 Å². The number of amides is 1. The minimum Gasteiger partial charge on any atom is -0.452 e. The van der Waals surface area contributed by atoms with Crippen LogP contribution in [0.2, 0.25) is 0 Å². The molecule has 0 radical (unpaired) electrons. The van der Waals surface area contributed by atoms with Gasteiger partial charge in [-0.3, -0.25) is 9.78 Å². The molecule has 0 bridgehead atoms. The van der Waals surface area contributed by atoms with Crippen molar-refractivity contribution in [3.05, 3.63) is 82.3 Å². The molecular weight excluding hydrogens is 428 g/mol. The molecule has 0 saturated heterocycles. The van der Waals surface area contributed by atoms with E-state index in [0.29, 0.717) is 16.9 Å². The first-order valence-corrected chi connectivity index (χ1v) is 11.4. The Morgan fingerprint density at radius 2 is 1.79 bits per heavy atom. The van der Waals surface area contributed by atoms with Gasteiger partial charge in [0.25, 0.3) is 5.91 Å². The molecular formula is C27H26N4O3. The first-order valence-electron chi connectivity index (χ1n) is 11.4. The molecule has 4 aromatic rings. The SMILES string of the molecule is Cc1ccc(-n2nc(C)c(NC(=O)COC(=O)c3c4c(nc5ccccc35)CCC4)c2C)cc1. The van der Waals surface area contributed by atoms with Crippen LogP contribution in [0.15, 0.2) is 48.5 Å². The summed E-state index contributed by atoms with van der Waals surface area (Å²) in [5, 5.41) is 8.19. The maximum atomic E-state index is 13.1. The Bertz CT molecular complexity index is 1420. The van der Waals surface area contributed by atoms with Gasteiger partial charge in [0.05, 0.1) is 33.8 Å². The van der Waals surface area contributed by atoms with E-state index < -0.39 is 11.9 Å². The van der Waals surface area contributed by atoms with Gasteiger partial charge in [0.2, 0.25) is 0 Å². The van der Waals surface area contributed by atoms with Crippen molar-refractivity contribution in [2.75, 3.05) is 11.9 Å². The van der Waals surface area contributed by atoms with E-state index in [0.717, 1.165) is 58.4 Å². The number of nitrogens with one attached hydrogen (secondary N) is 1. The van der Waals surface area contributed by atoms with E-state index >= 15 is 0 Å². The predicted molar refractivity (Wildman–Crippen MR) is 130 cm³/mol. The van der Waals surface area contributed by atoms with Gasteiger partial charge in [-0.15, -0.1) is 0 Å². The Balaban J connectivity index is 1.33. The lowest BCUT2D eigenvalue weighted by Crippen LogP contribution is -2.22. The summed E-state index contributed by atoms with van der Waals surface area (Å²) in [7, 11) is 0. The summed E-state index contributed by atoms with van der Waals surface area (Å²) in [5.74, 6) is -0.895. The quantitative estimate of drug-likeness (QED) is 0.445. The van der Waals surface area contributed by atoms with Crippen molar-refractivity contribution in [3.8, 4) is 5.69 Å². The van der Waals surface area contributed by atoms with Gasteiger partial charge in [-0.25, -0.2) is 9.48 Å². The molecule has 2 heterocycles. The van der Waals surface area contributed by atoms with Crippen LogP contribution in [0, 0.1) is 20.8 Å². The third-order valence-corrected chi connectivity index (χ3v) is 6.29. The van der Waals surface area contributed by atoms with E-state index in [-0.39, 0.29) is 6.61 Å². The van der Waals surface area contributed by atoms with Crippen LogP contribution >= 0.6 is 0 Å². The highest BCUT2D eigenvalue weighted by molar-refractivity contribution is 6.06. The molecule has 0 saturated carbocycles. The minimum atomic E-state index is -0.490. The van der Waals surface area contributed by atoms with Gasteiger partial charge in [-0.1, -0.05) is 35.9 Å². The van der Waals surface area contributed by atoms with E-state index in [1.165, 1.54) is 0 Å². The topological polar surface area (TPSA) is 86.1 Å². The zero-order valence-corrected chi connectivity index (χ0v) is 19.5. The smallest absolute Gasteiger partial charge is 0.339 e. The van der Waals surface area contributed by atoms with Crippen molar-refractivity contribution in [1.29, 1.82) is 0 Å². The number of nitrogens with zero attached hydrogens (tertiary/aromatic N) is 3. The number of carbonyl (C=O) groups is 2. The average Bonchev–Trinajstić information content (AvgIpc) is 3.41. The number of benzene rings is 2. The van der Waals surface area contributed by atoms with Crippen molar-refractivity contribution >= 4 is 28.5 Å². The highest BCUT2D eigenvalue weighted by atomic mass is 16.5. The number of pyridine rings is 1. The molecule has 0 unspecified atom stereocenters. The Labute approximate surface area is 197 Å². The molecule has 0 atom stereocenters. The van der Waals surface area contributed by atoms with Crippen molar-refractivity contribution in [2.24, 2.45) is 0 Å². The number of carbonyl (C=O) groups excluding carboxylic acids is 2. The molecule has 0 fully saturated rings. The number of rotatable bonds is 5. The van der Waals surface area contributed by atoms with Crippen LogP contribution in [0.5, 0.6) is 0 Å². The van der Waals surface area contributed by atoms with Gasteiger partial charge in [-0.2, -0.15) is 5.10 Å². The third kappa shape index (κ3) is 3.94. The third-order valence-electron chi connectivity index (χ3n) is 6.29. The van der Waals surface area contributed by atoms with Gasteiger partial charge in [-0.05, 0) is 63.8 Å². The van der Waals surface area contributed by atoms with Crippen LogP contribution in [0.1, 0.15) is 45.0 Å². The predicted octanol–water partition coefficient (Wildman–Crippen LogP) is 4.63. The maximum Gasteiger partial charge on any atom is 0.339 e. The molecule has 1 amide bonds. The first-order chi connectivity index (χ1) is 16.4. The number of hydrogen-bond donors (Lipinski definition) is 1. The van der Waals surface area contributed by atoms with E-state index in [1.807, 2.05) is 69.3 Å². The fourth-order valence-electron chi connectivity index (χ4n) is 4.58. The Hall–Kier alpha value is -4.00. The van der Waals surface area contributed by atoms with E-state index in [4.69, 9.17) is 9.72 Å². The molecule has 7 nitrogen and oxygen atoms in total. The van der Waals surface area contributed by atoms with E-state index in [2.05, 4.69) is 10.4 Å². The second kappa shape index (κ2) is 8.74. The summed E-state index contributed by atoms with van der Waals surface area (Å²) in [6, 6.07) is 15.6. The minimum absolute atomic E-state index is 0.376. The van der Waals surface area contributed by atoms with Crippen molar-refractivity contribution in [2.45, 2.75) is 40.0 Å². The van der Waals surface area contributed by atoms with Crippen LogP contribution in [0.25, 0.3) is 16.6 Å². The standard InChI is InChI=1S/C27H26N4O3/c1-16-11-13-19(14-12-16)31-18(3)26(17(2)30-31)29-24(32)15-34-27(33)25-20-7-4-5-9-22(20)28-23-10-6-8-21(23)25/h4-5,7,9,11-14H,6,8,10,15H2,1-3H3,(H,29,32). The van der Waals surface area contributed by atoms with Crippen molar-refractivity contribution in [3.63, 3.8) is 0 Å². The normalized spacial score (nSPS) is 12.6. The van der Waals surface area contributed by atoms with Gasteiger partial charge in [0.15, 0.2) is 6.61 Å². The fraction of sp³-hybridized carbons (Fsp3) is 0.259. The Morgan fingerprint density at radius 3 is 2.59 bits per heavy atom. The van der Waals surface area contributed by atoms with Crippen LogP contribution < -0.4 is 5.32 Å². The lowest BCUT2D eigenvalue weighted by Gasteiger charge is -2.12. The molecule has 7 heteroatoms. The molecule has 2 aromatic carbocycles. The summed E-state index contributed by atoms with van der Waals surface area (Å²) < 4.78 is 7.27. The van der Waals surface area contributed by atoms with Crippen molar-refractivity contribution in [1.82, 2.24) is 14.8 Å². The number of aromatic nitrogens is 3. The molecule has 1 aliphatic rings. The second-order valence-electron chi connectivity index (χ2n) is 8.70. The van der Waals surface area contributed by atoms with Crippen molar-refractivity contribution < 1.29 is 14.3 Å². The highest BCUT2D eigenvalue weighted by Gasteiger charge is 2.25. The summed E-state index contributed by atoms with van der Waals surface area (Å²) in [5.41, 5.74) is 7.39. The molecule has 1 N–H and O–H groups in total. The van der Waals surface area contributed by atoms with Gasteiger partial charge in [0.1, 0.15) is 0 Å². The highest BCUT2D eigenvalue weighted by Crippen LogP contribution is 2.30. The van der Waals surface area contributed by atoms with Gasteiger partial charge in [0, 0.05) is 11.1 Å². The molecule has 0 aliphatic heterocycles. The molecule has 34 heavy (non-hydrogen) atoms. The zero-order chi connectivity index (χ0) is 23.8. The number of fused-ring (bicyclic) bond motifs is 2. The summed E-state index contributed by atoms with van der Waals surface area (Å²) in [6.45, 7) is 5.39. The number of ether oxygens (including phenoxy) is 1. The zero-order valence-electron chi connectivity index (χ0n) is 19.5. The van der Waals surface area contributed by atoms with Crippen LogP contribution in [0.4, 0.5) is 5.69 Å². The van der Waals surface area contributed by atoms with Crippen LogP contribution in [-0.2, 0) is 22.4 Å². The van der Waals surface area contributed by atoms with E-state index in [1.54, 1.807) is 4.68 Å². The second-order valence-corrected chi connectivity index (χ2v) is 8.70. The number of hydrogen-bond acceptors (Lipinski definition) is 5. The summed E-state index contributed by atoms with van der Waals surface area (Å²) >= 11 is 0. The number of para-hydroxylation sites is 1. The molecule has 0 spiro atoms.